The average molecular weight is 280 g/mol. The molecule has 0 unspecified atom stereocenters. The van der Waals surface area contributed by atoms with Gasteiger partial charge in [-0.05, 0) is 12.1 Å². The van der Waals surface area contributed by atoms with Crippen molar-refractivity contribution in [2.45, 2.75) is 6.54 Å². The molecular weight excluding hydrogens is 268 g/mol. The zero-order valence-electron chi connectivity index (χ0n) is 9.79. The molecule has 7 N–H and O–H groups in total. The summed E-state index contributed by atoms with van der Waals surface area (Å²) in [6.45, 7) is 0.222. The van der Waals surface area contributed by atoms with E-state index in [1.54, 1.807) is 17.5 Å². The van der Waals surface area contributed by atoms with E-state index >= 15 is 0 Å². The lowest BCUT2D eigenvalue weighted by molar-refractivity contribution is 0.247. The molecule has 0 fully saturated rings. The second kappa shape index (κ2) is 5.40. The summed E-state index contributed by atoms with van der Waals surface area (Å²) in [5.41, 5.74) is 16.1. The van der Waals surface area contributed by atoms with Crippen LogP contribution in [0.5, 0.6) is 0 Å². The fourth-order valence-corrected chi connectivity index (χ4v) is 2.02. The minimum Gasteiger partial charge on any atom is -0.458 e. The Morgan fingerprint density at radius 1 is 1.42 bits per heavy atom. The number of urea groups is 1. The van der Waals surface area contributed by atoms with Crippen molar-refractivity contribution >= 4 is 28.5 Å². The van der Waals surface area contributed by atoms with Crippen LogP contribution in [-0.2, 0) is 6.54 Å². The maximum Gasteiger partial charge on any atom is 0.312 e. The molecule has 8 nitrogen and oxygen atoms in total. The molecule has 0 saturated heterocycles. The SMILES string of the molecule is NC(=O)NCc1ccc(-c2csc(N=C(N)N)n2)o1. The molecule has 0 atom stereocenters. The van der Waals surface area contributed by atoms with E-state index in [-0.39, 0.29) is 12.5 Å². The Balaban J connectivity index is 2.12. The van der Waals surface area contributed by atoms with Crippen LogP contribution in [0.15, 0.2) is 26.9 Å². The molecule has 0 saturated carbocycles. The van der Waals surface area contributed by atoms with Gasteiger partial charge in [0.05, 0.1) is 6.54 Å². The van der Waals surface area contributed by atoms with E-state index in [0.29, 0.717) is 22.3 Å². The van der Waals surface area contributed by atoms with Crippen molar-refractivity contribution in [3.8, 4) is 11.5 Å². The molecule has 19 heavy (non-hydrogen) atoms. The highest BCUT2D eigenvalue weighted by Crippen LogP contribution is 2.27. The summed E-state index contributed by atoms with van der Waals surface area (Å²) in [7, 11) is 0. The molecule has 2 rings (SSSR count). The molecular formula is C10H12N6O2S. The Bertz CT molecular complexity index is 613. The number of carbonyl (C=O) groups is 1. The predicted molar refractivity (Wildman–Crippen MR) is 71.7 cm³/mol. The number of furan rings is 1. The number of hydrogen-bond acceptors (Lipinski definition) is 5. The lowest BCUT2D eigenvalue weighted by Gasteiger charge is -1.96. The molecule has 0 aromatic carbocycles. The smallest absolute Gasteiger partial charge is 0.312 e. The van der Waals surface area contributed by atoms with Crippen molar-refractivity contribution in [1.82, 2.24) is 10.3 Å². The monoisotopic (exact) mass is 280 g/mol. The van der Waals surface area contributed by atoms with Gasteiger partial charge < -0.3 is 26.9 Å². The van der Waals surface area contributed by atoms with E-state index in [2.05, 4.69) is 15.3 Å². The number of aromatic nitrogens is 1. The molecule has 100 valence electrons. The maximum atomic E-state index is 10.6. The van der Waals surface area contributed by atoms with Gasteiger partial charge in [-0.25, -0.2) is 9.78 Å². The molecule has 2 amide bonds. The summed E-state index contributed by atoms with van der Waals surface area (Å²) < 4.78 is 5.50. The summed E-state index contributed by atoms with van der Waals surface area (Å²) in [4.78, 5) is 18.6. The van der Waals surface area contributed by atoms with E-state index in [1.165, 1.54) is 11.3 Å². The average Bonchev–Trinajstić information content (AvgIpc) is 2.93. The Kier molecular flexibility index (Phi) is 3.66. The second-order valence-corrected chi connectivity index (χ2v) is 4.37. The number of hydrogen-bond donors (Lipinski definition) is 4. The number of nitrogens with zero attached hydrogens (tertiary/aromatic N) is 2. The number of thiazole rings is 1. The van der Waals surface area contributed by atoms with Crippen LogP contribution in [-0.4, -0.2) is 17.0 Å². The number of nitrogens with two attached hydrogens (primary N) is 3. The van der Waals surface area contributed by atoms with E-state index in [9.17, 15) is 4.79 Å². The molecule has 9 heteroatoms. The summed E-state index contributed by atoms with van der Waals surface area (Å²) in [6, 6.07) is 2.86. The number of amides is 2. The van der Waals surface area contributed by atoms with Gasteiger partial charge in [-0.15, -0.1) is 11.3 Å². The maximum absolute atomic E-state index is 10.6. The minimum atomic E-state index is -0.610. The number of nitrogens with one attached hydrogen (secondary N) is 1. The van der Waals surface area contributed by atoms with Crippen LogP contribution < -0.4 is 22.5 Å². The van der Waals surface area contributed by atoms with Crippen molar-refractivity contribution in [2.24, 2.45) is 22.2 Å². The highest BCUT2D eigenvalue weighted by Gasteiger charge is 2.09. The van der Waals surface area contributed by atoms with E-state index in [4.69, 9.17) is 21.6 Å². The van der Waals surface area contributed by atoms with Gasteiger partial charge >= 0.3 is 6.03 Å². The Morgan fingerprint density at radius 2 is 2.21 bits per heavy atom. The first-order valence-electron chi connectivity index (χ1n) is 5.22. The summed E-state index contributed by atoms with van der Waals surface area (Å²) in [5, 5.41) is 4.65. The lowest BCUT2D eigenvalue weighted by Crippen LogP contribution is -2.28. The third-order valence-corrected chi connectivity index (χ3v) is 2.80. The van der Waals surface area contributed by atoms with Crippen LogP contribution in [0, 0.1) is 0 Å². The molecule has 0 aliphatic carbocycles. The standard InChI is InChI=1S/C10H12N6O2S/c11-8(12)16-10-15-6(4-19-10)7-2-1-5(18-7)3-14-9(13)17/h1-2,4H,3H2,(H3,13,14,17)(H4,11,12,15,16). The topological polar surface area (TPSA) is 146 Å². The van der Waals surface area contributed by atoms with Crippen LogP contribution in [0.2, 0.25) is 0 Å². The number of aliphatic imine (C=N–C) groups is 1. The van der Waals surface area contributed by atoms with Gasteiger partial charge in [0.2, 0.25) is 5.13 Å². The quantitative estimate of drug-likeness (QED) is 0.475. The molecule has 2 aromatic heterocycles. The van der Waals surface area contributed by atoms with Crippen LogP contribution in [0.25, 0.3) is 11.5 Å². The Labute approximate surface area is 112 Å². The summed E-state index contributed by atoms with van der Waals surface area (Å²) >= 11 is 1.29. The van der Waals surface area contributed by atoms with Gasteiger partial charge in [0.1, 0.15) is 11.5 Å². The van der Waals surface area contributed by atoms with Crippen molar-refractivity contribution in [3.63, 3.8) is 0 Å². The Hall–Kier alpha value is -2.55. The van der Waals surface area contributed by atoms with Crippen LogP contribution >= 0.6 is 11.3 Å². The van der Waals surface area contributed by atoms with Gasteiger partial charge in [0.15, 0.2) is 11.7 Å². The largest absolute Gasteiger partial charge is 0.458 e. The highest BCUT2D eigenvalue weighted by atomic mass is 32.1. The minimum absolute atomic E-state index is 0.0494. The fourth-order valence-electron chi connectivity index (χ4n) is 1.32. The zero-order chi connectivity index (χ0) is 13.8. The van der Waals surface area contributed by atoms with Gasteiger partial charge in [-0.2, -0.15) is 4.99 Å². The highest BCUT2D eigenvalue weighted by molar-refractivity contribution is 7.13. The Morgan fingerprint density at radius 3 is 2.89 bits per heavy atom. The first kappa shape index (κ1) is 12.9. The molecule has 0 radical (unpaired) electrons. The van der Waals surface area contributed by atoms with E-state index < -0.39 is 6.03 Å². The molecule has 0 bridgehead atoms. The van der Waals surface area contributed by atoms with Crippen molar-refractivity contribution < 1.29 is 9.21 Å². The number of carbonyl (C=O) groups excluding carboxylic acids is 1. The zero-order valence-corrected chi connectivity index (χ0v) is 10.6. The van der Waals surface area contributed by atoms with Crippen LogP contribution in [0.3, 0.4) is 0 Å². The van der Waals surface area contributed by atoms with E-state index in [0.717, 1.165) is 0 Å². The molecule has 0 aliphatic heterocycles. The fraction of sp³-hybridized carbons (Fsp3) is 0.100. The van der Waals surface area contributed by atoms with E-state index in [1.807, 2.05) is 0 Å². The molecule has 2 heterocycles. The summed E-state index contributed by atoms with van der Waals surface area (Å²) in [5.74, 6) is 1.09. The molecule has 0 spiro atoms. The first-order valence-corrected chi connectivity index (χ1v) is 6.10. The second-order valence-electron chi connectivity index (χ2n) is 3.54. The van der Waals surface area contributed by atoms with Gasteiger partial charge in [0.25, 0.3) is 0 Å². The first-order chi connectivity index (χ1) is 9.04. The van der Waals surface area contributed by atoms with Gasteiger partial charge in [-0.3, -0.25) is 0 Å². The predicted octanol–water partition coefficient (Wildman–Crippen LogP) is 0.476. The lowest BCUT2D eigenvalue weighted by atomic mass is 10.3. The number of guanidine groups is 1. The third kappa shape index (κ3) is 3.45. The van der Waals surface area contributed by atoms with Crippen LogP contribution in [0.4, 0.5) is 9.93 Å². The molecule has 2 aromatic rings. The van der Waals surface area contributed by atoms with Gasteiger partial charge in [-0.1, -0.05) is 0 Å². The number of primary amides is 1. The van der Waals surface area contributed by atoms with Crippen molar-refractivity contribution in [3.05, 3.63) is 23.3 Å². The number of rotatable bonds is 4. The summed E-state index contributed by atoms with van der Waals surface area (Å²) in [6.07, 6.45) is 0. The van der Waals surface area contributed by atoms with Crippen molar-refractivity contribution in [2.75, 3.05) is 0 Å². The van der Waals surface area contributed by atoms with Gasteiger partial charge in [0, 0.05) is 5.38 Å². The normalized spacial score (nSPS) is 10.1. The third-order valence-electron chi connectivity index (χ3n) is 2.07. The van der Waals surface area contributed by atoms with Crippen molar-refractivity contribution in [1.29, 1.82) is 0 Å². The molecule has 0 aliphatic rings. The van der Waals surface area contributed by atoms with Crippen LogP contribution in [0.1, 0.15) is 5.76 Å².